The largest absolute Gasteiger partial charge is 0.227 e. The molecule has 6 heavy (non-hydrogen) atoms. The zero-order valence-electron chi connectivity index (χ0n) is 4.60. The topological polar surface area (TPSA) is 0 Å². The molecule has 0 aromatic heterocycles. The molecule has 0 saturated heterocycles. The average molecular weight is 102 g/mol. The van der Waals surface area contributed by atoms with Gasteiger partial charge in [0.15, 0.2) is 0 Å². The van der Waals surface area contributed by atoms with Crippen LogP contribution in [0.15, 0.2) is 0 Å². The van der Waals surface area contributed by atoms with Crippen molar-refractivity contribution < 1.29 is 0 Å². The lowest BCUT2D eigenvalue weighted by molar-refractivity contribution is 1.06. The second kappa shape index (κ2) is 2.56. The third kappa shape index (κ3) is 2.64. The smallest absolute Gasteiger partial charge is 0.204 e. The molecule has 0 aliphatic carbocycles. The highest BCUT2D eigenvalue weighted by atomic mass is 32.1. The van der Waals surface area contributed by atoms with Crippen molar-refractivity contribution in [3.05, 3.63) is 0 Å². The fraction of sp³-hybridized carbons (Fsp3) is 1.00. The highest BCUT2D eigenvalue weighted by molar-refractivity contribution is 8.10. The van der Waals surface area contributed by atoms with Crippen LogP contribution in [-0.4, -0.2) is 5.99 Å². The lowest BCUT2D eigenvalue weighted by Gasteiger charge is -1.99. The average Bonchev–Trinajstić information content (AvgIpc) is 1.36. The summed E-state index contributed by atoms with van der Waals surface area (Å²) in [5.74, 6) is 1.26. The zero-order valence-corrected chi connectivity index (χ0v) is 5.50. The Labute approximate surface area is 45.7 Å². The van der Waals surface area contributed by atoms with Gasteiger partial charge in [-0.25, -0.2) is 12.5 Å². The van der Waals surface area contributed by atoms with Gasteiger partial charge < -0.3 is 0 Å². The summed E-state index contributed by atoms with van der Waals surface area (Å²) in [7, 11) is 0. The van der Waals surface area contributed by atoms with Gasteiger partial charge in [-0.2, -0.15) is 0 Å². The van der Waals surface area contributed by atoms with Gasteiger partial charge in [-0.05, 0) is 0 Å². The molecule has 2 heteroatoms. The third-order valence-electron chi connectivity index (χ3n) is 0.965. The minimum Gasteiger partial charge on any atom is -0.227 e. The van der Waals surface area contributed by atoms with E-state index in [0.717, 1.165) is 0 Å². The Morgan fingerprint density at radius 1 is 1.50 bits per heavy atom. The first-order valence-corrected chi connectivity index (χ1v) is 2.84. The van der Waals surface area contributed by atoms with Gasteiger partial charge >= 0.3 is 0 Å². The number of thiol groups is 1. The minimum atomic E-state index is 0.546. The van der Waals surface area contributed by atoms with Gasteiger partial charge in [0.25, 0.3) is 0 Å². The molecule has 0 aliphatic rings. The summed E-state index contributed by atoms with van der Waals surface area (Å²) in [5.41, 5.74) is 0. The van der Waals surface area contributed by atoms with Gasteiger partial charge in [0.05, 0.1) is 0 Å². The summed E-state index contributed by atoms with van der Waals surface area (Å²) in [5, 5.41) is 0. The van der Waals surface area contributed by atoms with E-state index in [4.69, 9.17) is 0 Å². The maximum atomic E-state index is 4.19. The van der Waals surface area contributed by atoms with Crippen LogP contribution in [0.1, 0.15) is 13.8 Å². The van der Waals surface area contributed by atoms with Crippen molar-refractivity contribution in [2.75, 3.05) is 0 Å². The fourth-order valence-corrected chi connectivity index (χ4v) is 0. The molecule has 0 radical (unpaired) electrons. The van der Waals surface area contributed by atoms with Gasteiger partial charge in [-0.15, -0.1) is 0 Å². The van der Waals surface area contributed by atoms with E-state index in [-0.39, 0.29) is 0 Å². The summed E-state index contributed by atoms with van der Waals surface area (Å²) in [6, 6.07) is 0. The first kappa shape index (κ1) is 6.41. The highest BCUT2D eigenvalue weighted by Crippen LogP contribution is 2.08. The van der Waals surface area contributed by atoms with Crippen molar-refractivity contribution >= 4 is 18.5 Å². The Morgan fingerprint density at radius 3 is 1.67 bits per heavy atom. The molecule has 0 aromatic carbocycles. The number of hydrogen-bond donors (Lipinski definition) is 1. The monoisotopic (exact) mass is 102 g/mol. The molecule has 0 spiro atoms. The fourth-order valence-electron chi connectivity index (χ4n) is 0. The second-order valence-electron chi connectivity index (χ2n) is 1.98. The molecule has 0 aliphatic heterocycles. The maximum absolute atomic E-state index is 4.19. The Morgan fingerprint density at radius 2 is 1.67 bits per heavy atom. The van der Waals surface area contributed by atoms with Crippen LogP contribution in [0.4, 0.5) is 0 Å². The third-order valence-corrected chi connectivity index (χ3v) is 1.56. The Bertz CT molecular complexity index is 28.5. The van der Waals surface area contributed by atoms with Gasteiger partial charge in [-0.3, -0.25) is 0 Å². The summed E-state index contributed by atoms with van der Waals surface area (Å²) in [6.45, 7) is 6.43. The molecule has 0 atom stereocenters. The van der Waals surface area contributed by atoms with Crippen molar-refractivity contribution in [3.63, 3.8) is 0 Å². The SMILES string of the molecule is CB(S)C(C)C. The molecule has 0 bridgehead atoms. The van der Waals surface area contributed by atoms with Gasteiger partial charge in [0, 0.05) is 0 Å². The second-order valence-corrected chi connectivity index (χ2v) is 2.80. The van der Waals surface area contributed by atoms with Crippen LogP contribution in [0.2, 0.25) is 12.6 Å². The van der Waals surface area contributed by atoms with Crippen molar-refractivity contribution in [1.29, 1.82) is 0 Å². The molecule has 0 amide bonds. The molecular formula is C4H11BS. The normalized spacial score (nSPS) is 9.50. The lowest BCUT2D eigenvalue weighted by Crippen LogP contribution is -1.99. The van der Waals surface area contributed by atoms with E-state index in [0.29, 0.717) is 11.8 Å². The van der Waals surface area contributed by atoms with Gasteiger partial charge in [-0.1, -0.05) is 26.5 Å². The van der Waals surface area contributed by atoms with Crippen molar-refractivity contribution in [2.24, 2.45) is 0 Å². The Balaban J connectivity index is 2.99. The molecule has 0 N–H and O–H groups in total. The van der Waals surface area contributed by atoms with E-state index in [1.54, 1.807) is 0 Å². The molecule has 0 fully saturated rings. The van der Waals surface area contributed by atoms with Crippen LogP contribution in [0, 0.1) is 0 Å². The molecule has 0 nitrogen and oxygen atoms in total. The first-order valence-electron chi connectivity index (χ1n) is 2.32. The lowest BCUT2D eigenvalue weighted by atomic mass is 9.67. The van der Waals surface area contributed by atoms with Crippen molar-refractivity contribution in [1.82, 2.24) is 0 Å². The Hall–Kier alpha value is 0.415. The number of rotatable bonds is 1. The zero-order chi connectivity index (χ0) is 5.15. The van der Waals surface area contributed by atoms with Crippen LogP contribution in [0.3, 0.4) is 0 Å². The van der Waals surface area contributed by atoms with E-state index in [9.17, 15) is 0 Å². The Kier molecular flexibility index (Phi) is 2.74. The number of hydrogen-bond acceptors (Lipinski definition) is 1. The molecular weight excluding hydrogens is 90.9 g/mol. The molecule has 0 unspecified atom stereocenters. The van der Waals surface area contributed by atoms with E-state index < -0.39 is 0 Å². The van der Waals surface area contributed by atoms with Gasteiger partial charge in [0.1, 0.15) is 0 Å². The highest BCUT2D eigenvalue weighted by Gasteiger charge is 2.02. The standard InChI is InChI=1S/C4H11BS/c1-4(2)5(3)6/h4,6H,1-3H3. The quantitative estimate of drug-likeness (QED) is 0.379. The van der Waals surface area contributed by atoms with E-state index >= 15 is 0 Å². The summed E-state index contributed by atoms with van der Waals surface area (Å²) >= 11 is 4.19. The van der Waals surface area contributed by atoms with Crippen molar-refractivity contribution in [2.45, 2.75) is 26.5 Å². The molecule has 36 valence electrons. The molecule has 0 rings (SSSR count). The van der Waals surface area contributed by atoms with E-state index in [1.807, 2.05) is 0 Å². The molecule has 0 aromatic rings. The first-order chi connectivity index (χ1) is 2.64. The summed E-state index contributed by atoms with van der Waals surface area (Å²) in [4.78, 5) is 0. The van der Waals surface area contributed by atoms with Crippen LogP contribution in [0.5, 0.6) is 0 Å². The summed E-state index contributed by atoms with van der Waals surface area (Å²) in [6.07, 6.45) is 0. The molecule has 0 heterocycles. The van der Waals surface area contributed by atoms with E-state index in [1.165, 1.54) is 0 Å². The van der Waals surface area contributed by atoms with Gasteiger partial charge in [0.2, 0.25) is 5.99 Å². The van der Waals surface area contributed by atoms with Crippen LogP contribution in [-0.2, 0) is 0 Å². The van der Waals surface area contributed by atoms with Crippen LogP contribution in [0.25, 0.3) is 0 Å². The maximum Gasteiger partial charge on any atom is 0.204 e. The molecule has 0 saturated carbocycles. The van der Waals surface area contributed by atoms with Crippen LogP contribution < -0.4 is 0 Å². The van der Waals surface area contributed by atoms with Crippen LogP contribution >= 0.6 is 12.5 Å². The predicted molar refractivity (Wildman–Crippen MR) is 35.7 cm³/mol. The van der Waals surface area contributed by atoms with Crippen molar-refractivity contribution in [3.8, 4) is 0 Å². The van der Waals surface area contributed by atoms with E-state index in [2.05, 4.69) is 33.2 Å². The minimum absolute atomic E-state index is 0.546. The predicted octanol–water partition coefficient (Wildman–Crippen LogP) is 1.95. The summed E-state index contributed by atoms with van der Waals surface area (Å²) < 4.78 is 0.